The standard InChI is InChI=1S/C19H30N4O2/c20-11-15-3-1-13(2-4-15)9-17-16(19(21)24)12-22-18(23-17)10-14-5-7-25-8-6-14/h12-15H,1-11,20H2,(H2,21,24)/t13-,15+. The number of amides is 1. The zero-order chi connectivity index (χ0) is 17.6. The highest BCUT2D eigenvalue weighted by Gasteiger charge is 2.24. The third kappa shape index (κ3) is 4.98. The van der Waals surface area contributed by atoms with Gasteiger partial charge in [-0.15, -0.1) is 0 Å². The Morgan fingerprint density at radius 2 is 1.68 bits per heavy atom. The van der Waals surface area contributed by atoms with Crippen molar-refractivity contribution in [2.75, 3.05) is 19.8 Å². The van der Waals surface area contributed by atoms with E-state index in [1.165, 1.54) is 12.8 Å². The maximum absolute atomic E-state index is 11.8. The number of primary amides is 1. The van der Waals surface area contributed by atoms with Crippen molar-refractivity contribution < 1.29 is 9.53 Å². The van der Waals surface area contributed by atoms with Gasteiger partial charge < -0.3 is 16.2 Å². The highest BCUT2D eigenvalue weighted by Crippen LogP contribution is 2.31. The number of aromatic nitrogens is 2. The van der Waals surface area contributed by atoms with Crippen LogP contribution in [-0.2, 0) is 17.6 Å². The Labute approximate surface area is 149 Å². The molecule has 0 aromatic carbocycles. The van der Waals surface area contributed by atoms with Gasteiger partial charge in [-0.2, -0.15) is 0 Å². The molecule has 0 spiro atoms. The molecule has 1 aromatic rings. The van der Waals surface area contributed by atoms with E-state index in [9.17, 15) is 4.79 Å². The molecule has 2 fully saturated rings. The SMILES string of the molecule is NC[C@H]1CC[C@@H](Cc2nc(CC3CCOCC3)ncc2C(N)=O)CC1. The first-order valence-corrected chi connectivity index (χ1v) is 9.58. The van der Waals surface area contributed by atoms with Crippen molar-refractivity contribution in [1.82, 2.24) is 9.97 Å². The van der Waals surface area contributed by atoms with Gasteiger partial charge in [0, 0.05) is 25.8 Å². The van der Waals surface area contributed by atoms with Gasteiger partial charge in [0.15, 0.2) is 0 Å². The van der Waals surface area contributed by atoms with Crippen LogP contribution in [0.5, 0.6) is 0 Å². The Kier molecular flexibility index (Phi) is 6.37. The highest BCUT2D eigenvalue weighted by atomic mass is 16.5. The molecule has 0 atom stereocenters. The number of carbonyl (C=O) groups is 1. The summed E-state index contributed by atoms with van der Waals surface area (Å²) in [5.41, 5.74) is 12.6. The summed E-state index contributed by atoms with van der Waals surface area (Å²) >= 11 is 0. The Morgan fingerprint density at radius 3 is 2.32 bits per heavy atom. The van der Waals surface area contributed by atoms with Crippen molar-refractivity contribution in [2.24, 2.45) is 29.2 Å². The van der Waals surface area contributed by atoms with Crippen LogP contribution >= 0.6 is 0 Å². The zero-order valence-corrected chi connectivity index (χ0v) is 15.0. The van der Waals surface area contributed by atoms with E-state index in [2.05, 4.69) is 4.98 Å². The molecule has 1 saturated carbocycles. The van der Waals surface area contributed by atoms with Gasteiger partial charge in [-0.05, 0) is 69.2 Å². The molecule has 2 heterocycles. The average Bonchev–Trinajstić information content (AvgIpc) is 2.63. The minimum absolute atomic E-state index is 0.428. The van der Waals surface area contributed by atoms with Crippen LogP contribution in [0, 0.1) is 17.8 Å². The number of carbonyl (C=O) groups excluding carboxylic acids is 1. The smallest absolute Gasteiger partial charge is 0.252 e. The summed E-state index contributed by atoms with van der Waals surface area (Å²) < 4.78 is 5.42. The fourth-order valence-electron chi connectivity index (χ4n) is 4.07. The number of nitrogens with two attached hydrogens (primary N) is 2. The second-order valence-corrected chi connectivity index (χ2v) is 7.60. The maximum Gasteiger partial charge on any atom is 0.252 e. The van der Waals surface area contributed by atoms with Crippen molar-refractivity contribution in [3.05, 3.63) is 23.3 Å². The third-order valence-electron chi connectivity index (χ3n) is 5.78. The molecule has 2 aliphatic rings. The van der Waals surface area contributed by atoms with Crippen LogP contribution in [-0.4, -0.2) is 35.6 Å². The monoisotopic (exact) mass is 346 g/mol. The van der Waals surface area contributed by atoms with E-state index in [1.54, 1.807) is 6.20 Å². The second kappa shape index (κ2) is 8.72. The van der Waals surface area contributed by atoms with Gasteiger partial charge in [0.2, 0.25) is 0 Å². The Bertz CT molecular complexity index is 579. The summed E-state index contributed by atoms with van der Waals surface area (Å²) in [6, 6.07) is 0. The largest absolute Gasteiger partial charge is 0.381 e. The number of nitrogens with zero attached hydrogens (tertiary/aromatic N) is 2. The first-order chi connectivity index (χ1) is 12.2. The van der Waals surface area contributed by atoms with E-state index in [0.29, 0.717) is 23.3 Å². The normalized spacial score (nSPS) is 25.0. The third-order valence-corrected chi connectivity index (χ3v) is 5.78. The van der Waals surface area contributed by atoms with Crippen LogP contribution in [0.25, 0.3) is 0 Å². The molecule has 3 rings (SSSR count). The van der Waals surface area contributed by atoms with Gasteiger partial charge in [-0.3, -0.25) is 4.79 Å². The van der Waals surface area contributed by atoms with Crippen molar-refractivity contribution in [3.63, 3.8) is 0 Å². The highest BCUT2D eigenvalue weighted by molar-refractivity contribution is 5.93. The van der Waals surface area contributed by atoms with E-state index < -0.39 is 5.91 Å². The van der Waals surface area contributed by atoms with Gasteiger partial charge in [-0.25, -0.2) is 9.97 Å². The molecule has 1 amide bonds. The van der Waals surface area contributed by atoms with Crippen LogP contribution in [0.2, 0.25) is 0 Å². The van der Waals surface area contributed by atoms with E-state index in [-0.39, 0.29) is 0 Å². The van der Waals surface area contributed by atoms with E-state index in [1.807, 2.05) is 0 Å². The first kappa shape index (κ1) is 18.3. The molecular weight excluding hydrogens is 316 g/mol. The molecule has 1 saturated heterocycles. The van der Waals surface area contributed by atoms with Crippen LogP contribution in [0.1, 0.15) is 60.4 Å². The van der Waals surface area contributed by atoms with Crippen molar-refractivity contribution in [1.29, 1.82) is 0 Å². The summed E-state index contributed by atoms with van der Waals surface area (Å²) in [4.78, 5) is 20.9. The van der Waals surface area contributed by atoms with Crippen LogP contribution < -0.4 is 11.5 Å². The molecule has 1 aliphatic heterocycles. The minimum Gasteiger partial charge on any atom is -0.381 e. The van der Waals surface area contributed by atoms with E-state index >= 15 is 0 Å². The molecule has 6 nitrogen and oxygen atoms in total. The van der Waals surface area contributed by atoms with E-state index in [0.717, 1.165) is 69.8 Å². The number of ether oxygens (including phenoxy) is 1. The zero-order valence-electron chi connectivity index (χ0n) is 15.0. The quantitative estimate of drug-likeness (QED) is 0.818. The average molecular weight is 346 g/mol. The van der Waals surface area contributed by atoms with Crippen LogP contribution in [0.15, 0.2) is 6.20 Å². The Hall–Kier alpha value is -1.53. The van der Waals surface area contributed by atoms with Crippen molar-refractivity contribution in [3.8, 4) is 0 Å². The summed E-state index contributed by atoms with van der Waals surface area (Å²) in [6.45, 7) is 2.42. The number of hydrogen-bond acceptors (Lipinski definition) is 5. The lowest BCUT2D eigenvalue weighted by molar-refractivity contribution is 0.0659. The fourth-order valence-corrected chi connectivity index (χ4v) is 4.07. The van der Waals surface area contributed by atoms with Gasteiger partial charge in [-0.1, -0.05) is 0 Å². The Balaban J connectivity index is 1.69. The molecule has 0 radical (unpaired) electrons. The minimum atomic E-state index is -0.428. The molecular formula is C19H30N4O2. The molecule has 4 N–H and O–H groups in total. The molecule has 0 bridgehead atoms. The lowest BCUT2D eigenvalue weighted by atomic mass is 9.79. The van der Waals surface area contributed by atoms with Crippen molar-refractivity contribution in [2.45, 2.75) is 51.4 Å². The summed E-state index contributed by atoms with van der Waals surface area (Å²) in [6.07, 6.45) is 10.1. The molecule has 138 valence electrons. The molecule has 0 unspecified atom stereocenters. The molecule has 25 heavy (non-hydrogen) atoms. The first-order valence-electron chi connectivity index (χ1n) is 9.58. The number of rotatable bonds is 6. The van der Waals surface area contributed by atoms with Gasteiger partial charge in [0.1, 0.15) is 5.82 Å². The second-order valence-electron chi connectivity index (χ2n) is 7.60. The predicted molar refractivity (Wildman–Crippen MR) is 96.0 cm³/mol. The van der Waals surface area contributed by atoms with Crippen LogP contribution in [0.3, 0.4) is 0 Å². The summed E-state index contributed by atoms with van der Waals surface area (Å²) in [5.74, 6) is 2.19. The number of hydrogen-bond donors (Lipinski definition) is 2. The maximum atomic E-state index is 11.8. The Morgan fingerprint density at radius 1 is 1.04 bits per heavy atom. The lowest BCUT2D eigenvalue weighted by Gasteiger charge is -2.28. The van der Waals surface area contributed by atoms with Gasteiger partial charge in [0.25, 0.3) is 5.91 Å². The van der Waals surface area contributed by atoms with Crippen molar-refractivity contribution >= 4 is 5.91 Å². The van der Waals surface area contributed by atoms with Gasteiger partial charge >= 0.3 is 0 Å². The van der Waals surface area contributed by atoms with Crippen LogP contribution in [0.4, 0.5) is 0 Å². The fraction of sp³-hybridized carbons (Fsp3) is 0.737. The lowest BCUT2D eigenvalue weighted by Crippen LogP contribution is -2.24. The summed E-state index contributed by atoms with van der Waals surface area (Å²) in [5, 5.41) is 0. The molecule has 1 aromatic heterocycles. The van der Waals surface area contributed by atoms with Gasteiger partial charge in [0.05, 0.1) is 11.3 Å². The topological polar surface area (TPSA) is 104 Å². The predicted octanol–water partition coefficient (Wildman–Crippen LogP) is 1.85. The summed E-state index contributed by atoms with van der Waals surface area (Å²) in [7, 11) is 0. The molecule has 6 heteroatoms. The van der Waals surface area contributed by atoms with E-state index in [4.69, 9.17) is 21.2 Å². The molecule has 1 aliphatic carbocycles.